The van der Waals surface area contributed by atoms with Gasteiger partial charge in [-0.15, -0.1) is 11.8 Å². The number of fused-ring (bicyclic) bond motifs is 1. The summed E-state index contributed by atoms with van der Waals surface area (Å²) in [6.07, 6.45) is 0.139. The second-order valence-corrected chi connectivity index (χ2v) is 8.17. The van der Waals surface area contributed by atoms with Gasteiger partial charge in [-0.25, -0.2) is 0 Å². The molecule has 146 valence electrons. The van der Waals surface area contributed by atoms with Crippen LogP contribution in [0.4, 0.5) is 11.4 Å². The zero-order valence-corrected chi connectivity index (χ0v) is 16.3. The highest BCUT2D eigenvalue weighted by Crippen LogP contribution is 2.36. The first-order valence-electron chi connectivity index (χ1n) is 9.43. The highest BCUT2D eigenvalue weighted by Gasteiger charge is 2.28. The zero-order chi connectivity index (χ0) is 19.3. The molecule has 0 bridgehead atoms. The molecule has 2 heterocycles. The van der Waals surface area contributed by atoms with E-state index in [-0.39, 0.29) is 18.2 Å². The van der Waals surface area contributed by atoms with E-state index < -0.39 is 5.25 Å². The van der Waals surface area contributed by atoms with Gasteiger partial charge in [-0.1, -0.05) is 24.3 Å². The molecule has 2 aliphatic rings. The van der Waals surface area contributed by atoms with Gasteiger partial charge >= 0.3 is 0 Å². The maximum atomic E-state index is 12.4. The van der Waals surface area contributed by atoms with Gasteiger partial charge in [-0.3, -0.25) is 14.5 Å². The summed E-state index contributed by atoms with van der Waals surface area (Å²) >= 11 is 1.44. The molecule has 0 unspecified atom stereocenters. The van der Waals surface area contributed by atoms with E-state index >= 15 is 0 Å². The molecule has 2 aliphatic heterocycles. The molecular formula is C21H23N3O3S. The molecule has 4 rings (SSSR count). The van der Waals surface area contributed by atoms with Crippen LogP contribution < -0.4 is 10.6 Å². The van der Waals surface area contributed by atoms with Crippen molar-refractivity contribution in [2.75, 3.05) is 36.9 Å². The molecule has 0 aromatic heterocycles. The minimum absolute atomic E-state index is 0.125. The van der Waals surface area contributed by atoms with E-state index in [1.54, 1.807) is 0 Å². The lowest BCUT2D eigenvalue weighted by Crippen LogP contribution is -2.35. The monoisotopic (exact) mass is 397 g/mol. The Morgan fingerprint density at radius 2 is 1.89 bits per heavy atom. The summed E-state index contributed by atoms with van der Waals surface area (Å²) in [7, 11) is 0. The highest BCUT2D eigenvalue weighted by molar-refractivity contribution is 8.01. The normalized spacial score (nSPS) is 19.6. The van der Waals surface area contributed by atoms with Crippen LogP contribution in [0.15, 0.2) is 53.4 Å². The number of morpholine rings is 1. The van der Waals surface area contributed by atoms with E-state index in [0.717, 1.165) is 49.1 Å². The van der Waals surface area contributed by atoms with Crippen molar-refractivity contribution in [3.63, 3.8) is 0 Å². The molecule has 6 nitrogen and oxygen atoms in total. The second-order valence-electron chi connectivity index (χ2n) is 6.93. The molecule has 2 N–H and O–H groups in total. The SMILES string of the molecule is O=C(C[C@H]1Sc2ccccc2NC1=O)Nc1ccc(CN2CCOCC2)cc1. The van der Waals surface area contributed by atoms with E-state index in [1.807, 2.05) is 48.5 Å². The van der Waals surface area contributed by atoms with E-state index in [4.69, 9.17) is 4.74 Å². The minimum Gasteiger partial charge on any atom is -0.379 e. The van der Waals surface area contributed by atoms with Gasteiger partial charge in [-0.2, -0.15) is 0 Å². The van der Waals surface area contributed by atoms with Crippen LogP contribution in [0.25, 0.3) is 0 Å². The molecule has 2 aromatic rings. The van der Waals surface area contributed by atoms with Crippen LogP contribution in [0.3, 0.4) is 0 Å². The Balaban J connectivity index is 1.30. The third kappa shape index (κ3) is 4.73. The number of thioether (sulfide) groups is 1. The number of amides is 2. The zero-order valence-electron chi connectivity index (χ0n) is 15.5. The molecule has 7 heteroatoms. The molecule has 1 saturated heterocycles. The lowest BCUT2D eigenvalue weighted by Gasteiger charge is -2.26. The summed E-state index contributed by atoms with van der Waals surface area (Å²) < 4.78 is 5.37. The molecule has 0 saturated carbocycles. The average molecular weight is 398 g/mol. The molecule has 2 aromatic carbocycles. The first-order valence-corrected chi connectivity index (χ1v) is 10.3. The van der Waals surface area contributed by atoms with Crippen molar-refractivity contribution in [1.29, 1.82) is 0 Å². The molecule has 1 atom stereocenters. The fourth-order valence-electron chi connectivity index (χ4n) is 3.32. The largest absolute Gasteiger partial charge is 0.379 e. The lowest BCUT2D eigenvalue weighted by atomic mass is 10.1. The topological polar surface area (TPSA) is 70.7 Å². The van der Waals surface area contributed by atoms with Gasteiger partial charge in [0.2, 0.25) is 11.8 Å². The number of nitrogens with zero attached hydrogens (tertiary/aromatic N) is 1. The summed E-state index contributed by atoms with van der Waals surface area (Å²) in [5.74, 6) is -0.285. The Morgan fingerprint density at radius 3 is 2.68 bits per heavy atom. The number of rotatable bonds is 5. The Kier molecular flexibility index (Phi) is 5.95. The Bertz CT molecular complexity index is 850. The predicted octanol–water partition coefficient (Wildman–Crippen LogP) is 2.96. The standard InChI is InChI=1S/C21H23N3O3S/c25-20(13-19-21(26)23-17-3-1-2-4-18(17)28-19)22-16-7-5-15(6-8-16)14-24-9-11-27-12-10-24/h1-8,19H,9-14H2,(H,22,25)(H,23,26)/t19-/m1/s1. The number of ether oxygens (including phenoxy) is 1. The van der Waals surface area contributed by atoms with Crippen LogP contribution in [0.2, 0.25) is 0 Å². The van der Waals surface area contributed by atoms with Crippen LogP contribution in [-0.4, -0.2) is 48.3 Å². The van der Waals surface area contributed by atoms with Crippen molar-refractivity contribution in [2.24, 2.45) is 0 Å². The maximum Gasteiger partial charge on any atom is 0.238 e. The van der Waals surface area contributed by atoms with E-state index in [0.29, 0.717) is 0 Å². The molecule has 28 heavy (non-hydrogen) atoms. The molecule has 1 fully saturated rings. The maximum absolute atomic E-state index is 12.4. The fraction of sp³-hybridized carbons (Fsp3) is 0.333. The average Bonchev–Trinajstić information content (AvgIpc) is 2.71. The van der Waals surface area contributed by atoms with E-state index in [2.05, 4.69) is 15.5 Å². The van der Waals surface area contributed by atoms with Crippen molar-refractivity contribution in [3.05, 3.63) is 54.1 Å². The van der Waals surface area contributed by atoms with Gasteiger partial charge in [0.1, 0.15) is 0 Å². The Hall–Kier alpha value is -2.35. The first kappa shape index (κ1) is 19.0. The van der Waals surface area contributed by atoms with Gasteiger partial charge in [-0.05, 0) is 29.8 Å². The van der Waals surface area contributed by atoms with Gasteiger partial charge in [0, 0.05) is 36.6 Å². The van der Waals surface area contributed by atoms with E-state index in [1.165, 1.54) is 17.3 Å². The molecule has 0 aliphatic carbocycles. The number of carbonyl (C=O) groups is 2. The van der Waals surface area contributed by atoms with Gasteiger partial charge in [0.05, 0.1) is 24.2 Å². The Morgan fingerprint density at radius 1 is 1.14 bits per heavy atom. The number of hydrogen-bond acceptors (Lipinski definition) is 5. The predicted molar refractivity (Wildman–Crippen MR) is 111 cm³/mol. The van der Waals surface area contributed by atoms with Gasteiger partial charge < -0.3 is 15.4 Å². The van der Waals surface area contributed by atoms with Crippen molar-refractivity contribution < 1.29 is 14.3 Å². The second kappa shape index (κ2) is 8.77. The van der Waals surface area contributed by atoms with Crippen molar-refractivity contribution in [3.8, 4) is 0 Å². The van der Waals surface area contributed by atoms with Gasteiger partial charge in [0.15, 0.2) is 0 Å². The van der Waals surface area contributed by atoms with Crippen LogP contribution >= 0.6 is 11.8 Å². The van der Waals surface area contributed by atoms with Crippen LogP contribution in [0, 0.1) is 0 Å². The number of benzene rings is 2. The van der Waals surface area contributed by atoms with E-state index in [9.17, 15) is 9.59 Å². The summed E-state index contributed by atoms with van der Waals surface area (Å²) in [4.78, 5) is 28.0. The first-order chi connectivity index (χ1) is 13.7. The van der Waals surface area contributed by atoms with Crippen LogP contribution in [-0.2, 0) is 20.9 Å². The van der Waals surface area contributed by atoms with Gasteiger partial charge in [0.25, 0.3) is 0 Å². The minimum atomic E-state index is -0.421. The van der Waals surface area contributed by atoms with Crippen molar-refractivity contribution in [2.45, 2.75) is 23.1 Å². The smallest absolute Gasteiger partial charge is 0.238 e. The summed E-state index contributed by atoms with van der Waals surface area (Å²) in [6, 6.07) is 15.5. The lowest BCUT2D eigenvalue weighted by molar-refractivity contribution is -0.120. The van der Waals surface area contributed by atoms with Crippen molar-refractivity contribution in [1.82, 2.24) is 4.90 Å². The molecule has 2 amide bonds. The highest BCUT2D eigenvalue weighted by atomic mass is 32.2. The Labute approximate surface area is 168 Å². The quantitative estimate of drug-likeness (QED) is 0.812. The number of anilines is 2. The molecule has 0 spiro atoms. The number of para-hydroxylation sites is 1. The van der Waals surface area contributed by atoms with Crippen LogP contribution in [0.5, 0.6) is 0 Å². The number of carbonyl (C=O) groups excluding carboxylic acids is 2. The fourth-order valence-corrected chi connectivity index (χ4v) is 4.43. The molecular weight excluding hydrogens is 374 g/mol. The summed E-state index contributed by atoms with van der Waals surface area (Å²) in [5.41, 5.74) is 2.76. The third-order valence-electron chi connectivity index (χ3n) is 4.82. The number of nitrogens with one attached hydrogen (secondary N) is 2. The number of hydrogen-bond donors (Lipinski definition) is 2. The molecule has 0 radical (unpaired) electrons. The van der Waals surface area contributed by atoms with Crippen molar-refractivity contribution >= 4 is 35.0 Å². The summed E-state index contributed by atoms with van der Waals surface area (Å²) in [5, 5.41) is 5.35. The summed E-state index contributed by atoms with van der Waals surface area (Å²) in [6.45, 7) is 4.35. The van der Waals surface area contributed by atoms with Crippen LogP contribution in [0.1, 0.15) is 12.0 Å². The third-order valence-corrected chi connectivity index (χ3v) is 6.10.